The second kappa shape index (κ2) is 12.9. The Morgan fingerprint density at radius 1 is 0.833 bits per heavy atom. The smallest absolute Gasteiger partial charge is 0.312 e. The molecule has 0 heterocycles. The first-order valence-corrected chi connectivity index (χ1v) is 19.0. The van der Waals surface area contributed by atoms with Crippen LogP contribution in [0.3, 0.4) is 0 Å². The van der Waals surface area contributed by atoms with Gasteiger partial charge < -0.3 is 4.74 Å². The first kappa shape index (κ1) is 35.2. The lowest BCUT2D eigenvalue weighted by Crippen LogP contribution is -2.65. The molecule has 0 N–H and O–H groups in total. The minimum atomic E-state index is -0.400. The standard InChI is InChI=1S/C41H51ClO3.C3H6/c1-37(2)30(28-13-15-29(16-14-28)35(42)43)19-22-38(3)33(37)20-23-40(5)34(38)18-17-31-32-12-9-21-41(32,25-24-39(31,40)4)36(44)45-26-27-10-7-6-8-11-27;1-3-2/h6-8,10-11,13-16,19,31-34H,9,12,17-18,20-26H2,1-5H3;3H,1H2,2H3/t31?,32?,33?,34?,38?,39-,40?,41?;/m1./s1. The van der Waals surface area contributed by atoms with E-state index in [-0.39, 0.29) is 33.0 Å². The van der Waals surface area contributed by atoms with Crippen LogP contribution >= 0.6 is 11.6 Å². The van der Waals surface area contributed by atoms with E-state index in [9.17, 15) is 9.59 Å². The Hall–Kier alpha value is -2.65. The number of allylic oxidation sites excluding steroid dienone is 3. The van der Waals surface area contributed by atoms with Crippen molar-refractivity contribution in [3.05, 3.63) is 90.0 Å². The molecule has 8 atom stereocenters. The molecule has 0 saturated heterocycles. The van der Waals surface area contributed by atoms with Crippen LogP contribution in [-0.4, -0.2) is 11.2 Å². The first-order chi connectivity index (χ1) is 22.8. The summed E-state index contributed by atoms with van der Waals surface area (Å²) in [4.78, 5) is 25.7. The maximum atomic E-state index is 14.0. The van der Waals surface area contributed by atoms with E-state index in [1.165, 1.54) is 43.2 Å². The van der Waals surface area contributed by atoms with Crippen molar-refractivity contribution in [1.29, 1.82) is 0 Å². The minimum Gasteiger partial charge on any atom is -0.460 e. The molecule has 0 aliphatic heterocycles. The molecule has 2 aromatic carbocycles. The second-order valence-electron chi connectivity index (χ2n) is 17.2. The Bertz CT molecular complexity index is 1560. The number of hydrogen-bond donors (Lipinski definition) is 0. The van der Waals surface area contributed by atoms with Crippen LogP contribution in [0.2, 0.25) is 0 Å². The van der Waals surface area contributed by atoms with E-state index in [1.807, 2.05) is 37.3 Å². The molecule has 0 aromatic heterocycles. The molecular formula is C44H57ClO3. The molecule has 3 nitrogen and oxygen atoms in total. The molecule has 258 valence electrons. The summed E-state index contributed by atoms with van der Waals surface area (Å²) in [7, 11) is 0. The van der Waals surface area contributed by atoms with Crippen LogP contribution < -0.4 is 0 Å². The summed E-state index contributed by atoms with van der Waals surface area (Å²) in [5.74, 6) is 2.37. The Morgan fingerprint density at radius 2 is 1.52 bits per heavy atom. The summed E-state index contributed by atoms with van der Waals surface area (Å²) in [5.41, 5.74) is 4.74. The van der Waals surface area contributed by atoms with Crippen molar-refractivity contribution in [3.8, 4) is 0 Å². The fourth-order valence-corrected chi connectivity index (χ4v) is 12.8. The van der Waals surface area contributed by atoms with Crippen LogP contribution in [0, 0.1) is 50.7 Å². The Labute approximate surface area is 295 Å². The number of halogens is 1. The van der Waals surface area contributed by atoms with Crippen LogP contribution in [-0.2, 0) is 16.1 Å². The lowest BCUT2D eigenvalue weighted by molar-refractivity contribution is -0.226. The highest BCUT2D eigenvalue weighted by Crippen LogP contribution is 2.77. The van der Waals surface area contributed by atoms with Gasteiger partial charge in [0.25, 0.3) is 5.24 Å². The number of rotatable bonds is 5. The molecular weight excluding hydrogens is 612 g/mol. The molecule has 7 rings (SSSR count). The van der Waals surface area contributed by atoms with Gasteiger partial charge in [-0.05, 0) is 150 Å². The largest absolute Gasteiger partial charge is 0.460 e. The average molecular weight is 669 g/mol. The van der Waals surface area contributed by atoms with Gasteiger partial charge in [0.15, 0.2) is 0 Å². The topological polar surface area (TPSA) is 43.4 Å². The van der Waals surface area contributed by atoms with Crippen molar-refractivity contribution >= 4 is 28.4 Å². The summed E-state index contributed by atoms with van der Waals surface area (Å²) in [6, 6.07) is 18.1. The number of fused-ring (bicyclic) bond motifs is 7. The van der Waals surface area contributed by atoms with Gasteiger partial charge in [-0.25, -0.2) is 0 Å². The Kier molecular flexibility index (Phi) is 9.46. The fraction of sp³-hybridized carbons (Fsp3) is 0.591. The molecule has 4 fully saturated rings. The Balaban J connectivity index is 0.00000129. The summed E-state index contributed by atoms with van der Waals surface area (Å²) in [6.45, 7) is 18.5. The number of benzene rings is 2. The molecule has 0 bridgehead atoms. The SMILES string of the molecule is C=CC.CC1(C)C(c2ccc(C(=O)Cl)cc2)=CCC2(C)C1CCC1(C)C2CCC2C3CCCC3(C(=O)OCc3ccccc3)CC[C@]21C. The van der Waals surface area contributed by atoms with Crippen molar-refractivity contribution in [3.63, 3.8) is 0 Å². The molecule has 5 aliphatic rings. The molecule has 5 aliphatic carbocycles. The highest BCUT2D eigenvalue weighted by atomic mass is 35.5. The molecule has 2 aromatic rings. The van der Waals surface area contributed by atoms with E-state index in [4.69, 9.17) is 16.3 Å². The average Bonchev–Trinajstić information content (AvgIpc) is 3.50. The third-order valence-corrected chi connectivity index (χ3v) is 15.2. The zero-order valence-corrected chi connectivity index (χ0v) is 31.0. The van der Waals surface area contributed by atoms with Gasteiger partial charge in [-0.1, -0.05) is 95.7 Å². The third kappa shape index (κ3) is 5.37. The van der Waals surface area contributed by atoms with Gasteiger partial charge in [0, 0.05) is 5.56 Å². The van der Waals surface area contributed by atoms with E-state index in [0.29, 0.717) is 35.8 Å². The maximum Gasteiger partial charge on any atom is 0.312 e. The van der Waals surface area contributed by atoms with Gasteiger partial charge in [0.2, 0.25) is 0 Å². The number of esters is 1. The van der Waals surface area contributed by atoms with Crippen LogP contribution in [0.25, 0.3) is 5.57 Å². The second-order valence-corrected chi connectivity index (χ2v) is 17.5. The number of carbonyl (C=O) groups is 2. The molecule has 48 heavy (non-hydrogen) atoms. The fourth-order valence-electron chi connectivity index (χ4n) is 12.7. The summed E-state index contributed by atoms with van der Waals surface area (Å²) in [6.07, 6.45) is 15.8. The van der Waals surface area contributed by atoms with Gasteiger partial charge >= 0.3 is 5.97 Å². The van der Waals surface area contributed by atoms with Crippen LogP contribution in [0.15, 0.2) is 73.3 Å². The molecule has 0 spiro atoms. The predicted octanol–water partition coefficient (Wildman–Crippen LogP) is 11.8. The summed E-state index contributed by atoms with van der Waals surface area (Å²) >= 11 is 5.76. The normalized spacial score (nSPS) is 37.6. The van der Waals surface area contributed by atoms with Crippen molar-refractivity contribution in [1.82, 2.24) is 0 Å². The highest BCUT2D eigenvalue weighted by molar-refractivity contribution is 6.67. The molecule has 0 radical (unpaired) electrons. The molecule has 4 heteroatoms. The highest BCUT2D eigenvalue weighted by Gasteiger charge is 2.70. The quantitative estimate of drug-likeness (QED) is 0.181. The van der Waals surface area contributed by atoms with E-state index in [2.05, 4.69) is 71.5 Å². The lowest BCUT2D eigenvalue weighted by atomic mass is 9.32. The maximum absolute atomic E-state index is 14.0. The van der Waals surface area contributed by atoms with E-state index in [0.717, 1.165) is 37.7 Å². The van der Waals surface area contributed by atoms with Crippen molar-refractivity contribution in [2.24, 2.45) is 50.7 Å². The van der Waals surface area contributed by atoms with Crippen LogP contribution in [0.1, 0.15) is 127 Å². The zero-order valence-electron chi connectivity index (χ0n) is 30.2. The third-order valence-electron chi connectivity index (χ3n) is 15.0. The summed E-state index contributed by atoms with van der Waals surface area (Å²) in [5, 5.41) is -0.400. The van der Waals surface area contributed by atoms with E-state index < -0.39 is 5.24 Å². The number of ether oxygens (including phenoxy) is 1. The summed E-state index contributed by atoms with van der Waals surface area (Å²) < 4.78 is 6.12. The first-order valence-electron chi connectivity index (χ1n) is 18.6. The van der Waals surface area contributed by atoms with Crippen molar-refractivity contribution in [2.75, 3.05) is 0 Å². The monoisotopic (exact) mass is 668 g/mol. The number of hydrogen-bond acceptors (Lipinski definition) is 3. The van der Waals surface area contributed by atoms with E-state index in [1.54, 1.807) is 6.08 Å². The molecule has 4 saturated carbocycles. The van der Waals surface area contributed by atoms with Gasteiger partial charge in [0.05, 0.1) is 5.41 Å². The van der Waals surface area contributed by atoms with Crippen molar-refractivity contribution < 1.29 is 14.3 Å². The van der Waals surface area contributed by atoms with E-state index >= 15 is 0 Å². The van der Waals surface area contributed by atoms with Gasteiger partial charge in [-0.3, -0.25) is 9.59 Å². The molecule has 7 unspecified atom stereocenters. The zero-order chi connectivity index (χ0) is 34.5. The van der Waals surface area contributed by atoms with Gasteiger partial charge in [-0.15, -0.1) is 6.58 Å². The van der Waals surface area contributed by atoms with Crippen LogP contribution in [0.4, 0.5) is 0 Å². The van der Waals surface area contributed by atoms with Crippen molar-refractivity contribution in [2.45, 2.75) is 112 Å². The molecule has 0 amide bonds. The van der Waals surface area contributed by atoms with Gasteiger partial charge in [0.1, 0.15) is 6.61 Å². The lowest BCUT2D eigenvalue weighted by Gasteiger charge is -2.72. The minimum absolute atomic E-state index is 0.0360. The van der Waals surface area contributed by atoms with Gasteiger partial charge in [-0.2, -0.15) is 0 Å². The predicted molar refractivity (Wildman–Crippen MR) is 197 cm³/mol. The Morgan fingerprint density at radius 3 is 2.19 bits per heavy atom. The number of carbonyl (C=O) groups excluding carboxylic acids is 2. The van der Waals surface area contributed by atoms with Crippen LogP contribution in [0.5, 0.6) is 0 Å².